The van der Waals surface area contributed by atoms with Crippen LogP contribution in [0.25, 0.3) is 0 Å². The first-order valence-corrected chi connectivity index (χ1v) is 6.76. The Kier molecular flexibility index (Phi) is 3.16. The van der Waals surface area contributed by atoms with E-state index >= 15 is 0 Å². The van der Waals surface area contributed by atoms with Crippen molar-refractivity contribution in [2.24, 2.45) is 5.92 Å². The van der Waals surface area contributed by atoms with E-state index in [1.807, 2.05) is 6.07 Å². The van der Waals surface area contributed by atoms with Gasteiger partial charge >= 0.3 is 0 Å². The summed E-state index contributed by atoms with van der Waals surface area (Å²) >= 11 is 0. The molecule has 3 aliphatic heterocycles. The van der Waals surface area contributed by atoms with E-state index < -0.39 is 0 Å². The van der Waals surface area contributed by atoms with Gasteiger partial charge in [0, 0.05) is 18.0 Å². The molecule has 0 spiro atoms. The van der Waals surface area contributed by atoms with E-state index in [0.717, 1.165) is 17.4 Å². The summed E-state index contributed by atoms with van der Waals surface area (Å²) in [4.78, 5) is 2.57. The maximum Gasteiger partial charge on any atom is 0.164 e. The molecule has 0 aliphatic carbocycles. The number of methoxy groups -OCH3 is 2. The van der Waals surface area contributed by atoms with Gasteiger partial charge in [0.2, 0.25) is 0 Å². The first kappa shape index (κ1) is 11.8. The highest BCUT2D eigenvalue weighted by molar-refractivity contribution is 5.48. The number of para-hydroxylation sites is 1. The lowest BCUT2D eigenvalue weighted by Crippen LogP contribution is -2.46. The Balaban J connectivity index is 1.96. The molecule has 0 aromatic heterocycles. The Hall–Kier alpha value is -1.22. The number of rotatable bonds is 3. The molecule has 18 heavy (non-hydrogen) atoms. The van der Waals surface area contributed by atoms with E-state index in [2.05, 4.69) is 17.0 Å². The standard InChI is InChI=1S/C15H21NO2/c1-17-14-5-3-4-12(15(14)18-2)13-10-16-8-6-11(13)7-9-16/h3-5,11,13H,6-10H2,1-2H3. The summed E-state index contributed by atoms with van der Waals surface area (Å²) < 4.78 is 11.0. The number of benzene rings is 1. The van der Waals surface area contributed by atoms with E-state index in [-0.39, 0.29) is 0 Å². The van der Waals surface area contributed by atoms with Crippen LogP contribution in [0.3, 0.4) is 0 Å². The molecule has 1 aromatic rings. The molecule has 3 fully saturated rings. The molecular weight excluding hydrogens is 226 g/mol. The van der Waals surface area contributed by atoms with Crippen LogP contribution in [-0.2, 0) is 0 Å². The van der Waals surface area contributed by atoms with Gasteiger partial charge in [-0.2, -0.15) is 0 Å². The molecule has 3 nitrogen and oxygen atoms in total. The zero-order valence-corrected chi connectivity index (χ0v) is 11.2. The van der Waals surface area contributed by atoms with Gasteiger partial charge in [-0.3, -0.25) is 0 Å². The predicted molar refractivity (Wildman–Crippen MR) is 71.5 cm³/mol. The number of nitrogens with zero attached hydrogens (tertiary/aromatic N) is 1. The van der Waals surface area contributed by atoms with Crippen molar-refractivity contribution in [2.45, 2.75) is 18.8 Å². The fourth-order valence-electron chi connectivity index (χ4n) is 3.52. The van der Waals surface area contributed by atoms with Crippen LogP contribution >= 0.6 is 0 Å². The third kappa shape index (κ3) is 1.87. The molecule has 3 saturated heterocycles. The third-order valence-corrected chi connectivity index (χ3v) is 4.49. The van der Waals surface area contributed by atoms with Crippen LogP contribution in [0, 0.1) is 5.92 Å². The molecular formula is C15H21NO2. The van der Waals surface area contributed by atoms with Crippen molar-refractivity contribution in [1.29, 1.82) is 0 Å². The van der Waals surface area contributed by atoms with Crippen molar-refractivity contribution in [1.82, 2.24) is 4.90 Å². The van der Waals surface area contributed by atoms with Gasteiger partial charge in [-0.05, 0) is 37.9 Å². The van der Waals surface area contributed by atoms with Gasteiger partial charge < -0.3 is 14.4 Å². The molecule has 0 N–H and O–H groups in total. The average molecular weight is 247 g/mol. The van der Waals surface area contributed by atoms with Crippen molar-refractivity contribution in [3.63, 3.8) is 0 Å². The fourth-order valence-corrected chi connectivity index (χ4v) is 3.52. The normalized spacial score (nSPS) is 30.2. The van der Waals surface area contributed by atoms with Crippen molar-refractivity contribution < 1.29 is 9.47 Å². The quantitative estimate of drug-likeness (QED) is 0.819. The van der Waals surface area contributed by atoms with Crippen molar-refractivity contribution in [3.05, 3.63) is 23.8 Å². The van der Waals surface area contributed by atoms with Gasteiger partial charge in [-0.25, -0.2) is 0 Å². The van der Waals surface area contributed by atoms with Crippen molar-refractivity contribution in [2.75, 3.05) is 33.9 Å². The minimum atomic E-state index is 0.609. The Bertz CT molecular complexity index is 425. The SMILES string of the molecule is COc1cccc(C2CN3CCC2CC3)c1OC. The molecule has 98 valence electrons. The summed E-state index contributed by atoms with van der Waals surface area (Å²) in [5.74, 6) is 3.21. The van der Waals surface area contributed by atoms with Crippen LogP contribution in [-0.4, -0.2) is 38.8 Å². The van der Waals surface area contributed by atoms with Gasteiger partial charge in [0.15, 0.2) is 11.5 Å². The topological polar surface area (TPSA) is 21.7 Å². The first-order valence-electron chi connectivity index (χ1n) is 6.76. The zero-order valence-electron chi connectivity index (χ0n) is 11.2. The summed E-state index contributed by atoms with van der Waals surface area (Å²) in [5.41, 5.74) is 1.33. The van der Waals surface area contributed by atoms with Crippen LogP contribution < -0.4 is 9.47 Å². The molecule has 0 radical (unpaired) electrons. The number of hydrogen-bond donors (Lipinski definition) is 0. The maximum atomic E-state index is 5.58. The first-order chi connectivity index (χ1) is 8.83. The summed E-state index contributed by atoms with van der Waals surface area (Å²) in [6.07, 6.45) is 2.65. The van der Waals surface area contributed by atoms with E-state index in [1.54, 1.807) is 14.2 Å². The summed E-state index contributed by atoms with van der Waals surface area (Å²) in [6.45, 7) is 3.72. The minimum absolute atomic E-state index is 0.609. The third-order valence-electron chi connectivity index (χ3n) is 4.49. The lowest BCUT2D eigenvalue weighted by Gasteiger charge is -2.45. The highest BCUT2D eigenvalue weighted by Gasteiger charge is 2.36. The fraction of sp³-hybridized carbons (Fsp3) is 0.600. The van der Waals surface area contributed by atoms with Crippen LogP contribution in [0.15, 0.2) is 18.2 Å². The molecule has 0 amide bonds. The molecule has 3 heteroatoms. The van der Waals surface area contributed by atoms with Gasteiger partial charge in [-0.1, -0.05) is 12.1 Å². The second-order valence-corrected chi connectivity index (χ2v) is 5.33. The number of ether oxygens (including phenoxy) is 2. The molecule has 3 heterocycles. The van der Waals surface area contributed by atoms with E-state index in [1.165, 1.54) is 38.0 Å². The van der Waals surface area contributed by atoms with Gasteiger partial charge in [-0.15, -0.1) is 0 Å². The second-order valence-electron chi connectivity index (χ2n) is 5.33. The monoisotopic (exact) mass is 247 g/mol. The van der Waals surface area contributed by atoms with Gasteiger partial charge in [0.25, 0.3) is 0 Å². The number of fused-ring (bicyclic) bond motifs is 3. The second kappa shape index (κ2) is 4.81. The molecule has 4 rings (SSSR count). The molecule has 1 atom stereocenters. The number of hydrogen-bond acceptors (Lipinski definition) is 3. The largest absolute Gasteiger partial charge is 0.493 e. The van der Waals surface area contributed by atoms with E-state index in [0.29, 0.717) is 5.92 Å². The van der Waals surface area contributed by atoms with E-state index in [4.69, 9.17) is 9.47 Å². The molecule has 1 unspecified atom stereocenters. The molecule has 0 saturated carbocycles. The Morgan fingerprint density at radius 2 is 1.89 bits per heavy atom. The number of piperidine rings is 3. The molecule has 3 aliphatic rings. The zero-order chi connectivity index (χ0) is 12.5. The smallest absolute Gasteiger partial charge is 0.164 e. The van der Waals surface area contributed by atoms with Crippen LogP contribution in [0.1, 0.15) is 24.3 Å². The van der Waals surface area contributed by atoms with Crippen LogP contribution in [0.4, 0.5) is 0 Å². The summed E-state index contributed by atoms with van der Waals surface area (Å²) in [7, 11) is 3.45. The van der Waals surface area contributed by atoms with Gasteiger partial charge in [0.1, 0.15) is 0 Å². The predicted octanol–water partition coefficient (Wildman–Crippen LogP) is 2.51. The van der Waals surface area contributed by atoms with Gasteiger partial charge in [0.05, 0.1) is 14.2 Å². The molecule has 1 aromatic carbocycles. The van der Waals surface area contributed by atoms with E-state index in [9.17, 15) is 0 Å². The highest BCUT2D eigenvalue weighted by Crippen LogP contribution is 2.44. The van der Waals surface area contributed by atoms with Crippen molar-refractivity contribution >= 4 is 0 Å². The van der Waals surface area contributed by atoms with Crippen molar-refractivity contribution in [3.8, 4) is 11.5 Å². The lowest BCUT2D eigenvalue weighted by molar-refractivity contribution is 0.0858. The van der Waals surface area contributed by atoms with Crippen LogP contribution in [0.2, 0.25) is 0 Å². The Labute approximate surface area is 109 Å². The average Bonchev–Trinajstić information content (AvgIpc) is 2.47. The Morgan fingerprint density at radius 1 is 1.11 bits per heavy atom. The maximum absolute atomic E-state index is 5.58. The molecule has 2 bridgehead atoms. The Morgan fingerprint density at radius 3 is 2.44 bits per heavy atom. The summed E-state index contributed by atoms with van der Waals surface area (Å²) in [5, 5.41) is 0. The lowest BCUT2D eigenvalue weighted by atomic mass is 9.75. The highest BCUT2D eigenvalue weighted by atomic mass is 16.5. The minimum Gasteiger partial charge on any atom is -0.493 e. The summed E-state index contributed by atoms with van der Waals surface area (Å²) in [6, 6.07) is 6.26. The van der Waals surface area contributed by atoms with Crippen LogP contribution in [0.5, 0.6) is 11.5 Å².